The van der Waals surface area contributed by atoms with Gasteiger partial charge >= 0.3 is 0 Å². The molecular weight excluding hydrogens is 456 g/mol. The number of carbonyl (C=O) groups excluding carboxylic acids is 4. The molecule has 2 aliphatic rings. The minimum Gasteiger partial charge on any atom is -0.381 e. The van der Waals surface area contributed by atoms with Crippen molar-refractivity contribution in [3.05, 3.63) is 89.0 Å². The number of nitrogens with one attached hydrogen (secondary N) is 3. The van der Waals surface area contributed by atoms with Crippen molar-refractivity contribution < 1.29 is 19.2 Å². The minimum atomic E-state index is -0.631. The fourth-order valence-corrected chi connectivity index (χ4v) is 4.72. The molecule has 182 valence electrons. The Kier molecular flexibility index (Phi) is 6.25. The van der Waals surface area contributed by atoms with Gasteiger partial charge in [-0.3, -0.25) is 24.5 Å². The molecule has 0 aromatic heterocycles. The van der Waals surface area contributed by atoms with E-state index in [0.29, 0.717) is 30.6 Å². The number of nitrogens with zero attached hydrogens (tertiary/aromatic N) is 1. The number of piperidine rings is 1. The molecule has 2 heterocycles. The van der Waals surface area contributed by atoms with E-state index in [9.17, 15) is 19.2 Å². The molecule has 36 heavy (non-hydrogen) atoms. The second-order valence-corrected chi connectivity index (χ2v) is 8.94. The van der Waals surface area contributed by atoms with E-state index >= 15 is 0 Å². The smallest absolute Gasteiger partial charge is 0.255 e. The molecular formula is C28H26N4O4. The summed E-state index contributed by atoms with van der Waals surface area (Å²) in [6.07, 6.45) is 0.573. The normalized spacial score (nSPS) is 17.0. The highest BCUT2D eigenvalue weighted by Gasteiger charge is 2.39. The first kappa shape index (κ1) is 23.3. The lowest BCUT2D eigenvalue weighted by molar-refractivity contribution is -0.136. The highest BCUT2D eigenvalue weighted by molar-refractivity contribution is 6.06. The maximum Gasteiger partial charge on any atom is 0.255 e. The summed E-state index contributed by atoms with van der Waals surface area (Å²) in [4.78, 5) is 50.1. The van der Waals surface area contributed by atoms with Crippen LogP contribution in [0.2, 0.25) is 0 Å². The van der Waals surface area contributed by atoms with E-state index < -0.39 is 11.9 Å². The Morgan fingerprint density at radius 2 is 1.67 bits per heavy atom. The summed E-state index contributed by atoms with van der Waals surface area (Å²) in [5, 5.41) is 8.39. The third kappa shape index (κ3) is 4.45. The van der Waals surface area contributed by atoms with Gasteiger partial charge in [0.2, 0.25) is 11.8 Å². The van der Waals surface area contributed by atoms with Crippen LogP contribution < -0.4 is 16.0 Å². The molecule has 1 fully saturated rings. The molecule has 1 saturated heterocycles. The molecule has 2 aliphatic heterocycles. The van der Waals surface area contributed by atoms with E-state index in [1.165, 1.54) is 0 Å². The number of hydrogen-bond donors (Lipinski definition) is 3. The molecule has 8 heteroatoms. The van der Waals surface area contributed by atoms with Gasteiger partial charge in [0, 0.05) is 48.9 Å². The lowest BCUT2D eigenvalue weighted by atomic mass is 10.0. The van der Waals surface area contributed by atoms with Crippen LogP contribution in [0, 0.1) is 0 Å². The number of fused-ring (bicyclic) bond motifs is 1. The summed E-state index contributed by atoms with van der Waals surface area (Å²) < 4.78 is 0. The second kappa shape index (κ2) is 9.65. The van der Waals surface area contributed by atoms with Crippen LogP contribution in [-0.4, -0.2) is 41.6 Å². The molecule has 3 aromatic rings. The zero-order valence-electron chi connectivity index (χ0n) is 19.8. The number of amides is 4. The Morgan fingerprint density at radius 3 is 2.33 bits per heavy atom. The minimum absolute atomic E-state index is 0.114. The third-order valence-corrected chi connectivity index (χ3v) is 6.73. The maximum atomic E-state index is 13.0. The molecule has 4 amide bonds. The van der Waals surface area contributed by atoms with E-state index in [1.54, 1.807) is 30.1 Å². The lowest BCUT2D eigenvalue weighted by Gasteiger charge is -2.29. The standard InChI is InChI=1S/C28H26N4O4/c1-29-26(34)20-11-9-19(10-12-20)18-7-5-17(6-8-18)15-30-23-4-2-3-21-22(23)16-32(28(21)36)24-13-14-25(33)31-27(24)35/h2-12,24,30H,13-16H2,1H3,(H,29,34)(H,31,33,35). The van der Waals surface area contributed by atoms with Crippen LogP contribution in [-0.2, 0) is 22.7 Å². The van der Waals surface area contributed by atoms with Gasteiger partial charge in [-0.15, -0.1) is 0 Å². The molecule has 0 aliphatic carbocycles. The summed E-state index contributed by atoms with van der Waals surface area (Å²) in [5.74, 6) is -1.01. The Bertz CT molecular complexity index is 1350. The quantitative estimate of drug-likeness (QED) is 0.468. The molecule has 1 unspecified atom stereocenters. The van der Waals surface area contributed by atoms with Gasteiger partial charge in [0.25, 0.3) is 11.8 Å². The van der Waals surface area contributed by atoms with Gasteiger partial charge in [0.1, 0.15) is 6.04 Å². The SMILES string of the molecule is CNC(=O)c1ccc(-c2ccc(CNc3cccc4c3CN(C3CCC(=O)NC3=O)C4=O)cc2)cc1. The molecule has 3 N–H and O–H groups in total. The average Bonchev–Trinajstić information content (AvgIpc) is 3.24. The summed E-state index contributed by atoms with van der Waals surface area (Å²) in [5.41, 5.74) is 6.06. The van der Waals surface area contributed by atoms with E-state index in [0.717, 1.165) is 27.9 Å². The van der Waals surface area contributed by atoms with Crippen molar-refractivity contribution in [3.8, 4) is 11.1 Å². The number of imide groups is 1. The topological polar surface area (TPSA) is 108 Å². The van der Waals surface area contributed by atoms with Crippen molar-refractivity contribution in [2.45, 2.75) is 32.0 Å². The third-order valence-electron chi connectivity index (χ3n) is 6.73. The average molecular weight is 483 g/mol. The van der Waals surface area contributed by atoms with Crippen molar-refractivity contribution in [1.29, 1.82) is 0 Å². The van der Waals surface area contributed by atoms with Gasteiger partial charge in [-0.1, -0.05) is 42.5 Å². The van der Waals surface area contributed by atoms with Crippen LogP contribution in [0.5, 0.6) is 0 Å². The van der Waals surface area contributed by atoms with Crippen LogP contribution in [0.15, 0.2) is 66.7 Å². The van der Waals surface area contributed by atoms with Crippen LogP contribution >= 0.6 is 0 Å². The molecule has 0 radical (unpaired) electrons. The number of benzene rings is 3. The van der Waals surface area contributed by atoms with Crippen LogP contribution in [0.1, 0.15) is 44.7 Å². The highest BCUT2D eigenvalue weighted by atomic mass is 16.2. The molecule has 8 nitrogen and oxygen atoms in total. The van der Waals surface area contributed by atoms with Gasteiger partial charge in [0.15, 0.2) is 0 Å². The number of anilines is 1. The summed E-state index contributed by atoms with van der Waals surface area (Å²) in [7, 11) is 1.61. The maximum absolute atomic E-state index is 13.0. The fourth-order valence-electron chi connectivity index (χ4n) is 4.72. The zero-order valence-corrected chi connectivity index (χ0v) is 19.8. The number of hydrogen-bond acceptors (Lipinski definition) is 5. The van der Waals surface area contributed by atoms with Crippen molar-refractivity contribution >= 4 is 29.3 Å². The van der Waals surface area contributed by atoms with E-state index in [4.69, 9.17) is 0 Å². The summed E-state index contributed by atoms with van der Waals surface area (Å²) in [6.45, 7) is 0.896. The van der Waals surface area contributed by atoms with Gasteiger partial charge < -0.3 is 15.5 Å². The molecule has 3 aromatic carbocycles. The molecule has 5 rings (SSSR count). The van der Waals surface area contributed by atoms with Crippen LogP contribution in [0.25, 0.3) is 11.1 Å². The molecule has 0 bridgehead atoms. The predicted octanol–water partition coefficient (Wildman–Crippen LogP) is 3.09. The van der Waals surface area contributed by atoms with Gasteiger partial charge in [-0.25, -0.2) is 0 Å². The van der Waals surface area contributed by atoms with Gasteiger partial charge in [0.05, 0.1) is 0 Å². The highest BCUT2D eigenvalue weighted by Crippen LogP contribution is 2.32. The first-order valence-electron chi connectivity index (χ1n) is 11.9. The Hall–Kier alpha value is -4.46. The molecule has 0 spiro atoms. The van der Waals surface area contributed by atoms with Crippen LogP contribution in [0.3, 0.4) is 0 Å². The summed E-state index contributed by atoms with van der Waals surface area (Å²) >= 11 is 0. The zero-order chi connectivity index (χ0) is 25.2. The molecule has 1 atom stereocenters. The van der Waals surface area contributed by atoms with Gasteiger partial charge in [-0.05, 0) is 47.4 Å². The van der Waals surface area contributed by atoms with Crippen molar-refractivity contribution in [2.24, 2.45) is 0 Å². The first-order valence-corrected chi connectivity index (χ1v) is 11.9. The fraction of sp³-hybridized carbons (Fsp3) is 0.214. The second-order valence-electron chi connectivity index (χ2n) is 8.94. The van der Waals surface area contributed by atoms with Crippen molar-refractivity contribution in [3.63, 3.8) is 0 Å². The first-order chi connectivity index (χ1) is 17.4. The lowest BCUT2D eigenvalue weighted by Crippen LogP contribution is -2.52. The van der Waals surface area contributed by atoms with Crippen molar-refractivity contribution in [1.82, 2.24) is 15.5 Å². The Morgan fingerprint density at radius 1 is 0.972 bits per heavy atom. The van der Waals surface area contributed by atoms with E-state index in [-0.39, 0.29) is 24.1 Å². The largest absolute Gasteiger partial charge is 0.381 e. The van der Waals surface area contributed by atoms with Crippen molar-refractivity contribution in [2.75, 3.05) is 12.4 Å². The number of rotatable bonds is 6. The monoisotopic (exact) mass is 482 g/mol. The van der Waals surface area contributed by atoms with E-state index in [1.807, 2.05) is 48.5 Å². The Labute approximate surface area is 208 Å². The van der Waals surface area contributed by atoms with E-state index in [2.05, 4.69) is 16.0 Å². The molecule has 0 saturated carbocycles. The van der Waals surface area contributed by atoms with Gasteiger partial charge in [-0.2, -0.15) is 0 Å². The Balaban J connectivity index is 1.26. The van der Waals surface area contributed by atoms with Crippen LogP contribution in [0.4, 0.5) is 5.69 Å². The number of carbonyl (C=O) groups is 4. The summed E-state index contributed by atoms with van der Waals surface area (Å²) in [6, 6.07) is 20.5. The predicted molar refractivity (Wildman–Crippen MR) is 135 cm³/mol.